The number of carbonyl (C=O) groups excluding carboxylic acids is 2. The molecule has 1 saturated carbocycles. The summed E-state index contributed by atoms with van der Waals surface area (Å²) in [5.74, 6) is 1.25. The number of carbonyl (C=O) groups is 2. The molecule has 2 amide bonds. The molecule has 0 atom stereocenters. The van der Waals surface area contributed by atoms with E-state index in [4.69, 9.17) is 9.47 Å². The number of anilines is 2. The Bertz CT molecular complexity index is 903. The summed E-state index contributed by atoms with van der Waals surface area (Å²) >= 11 is 0. The fraction of sp³-hybridized carbons (Fsp3) is 0.625. The average molecular weight is 441 g/mol. The number of fused-ring (bicyclic) bond motifs is 1. The lowest BCUT2D eigenvalue weighted by atomic mass is 9.83. The Balaban J connectivity index is 1.29. The van der Waals surface area contributed by atoms with Crippen molar-refractivity contribution in [1.82, 2.24) is 5.01 Å². The third kappa shape index (κ3) is 4.20. The van der Waals surface area contributed by atoms with Gasteiger partial charge in [-0.15, -0.1) is 5.10 Å². The van der Waals surface area contributed by atoms with Crippen molar-refractivity contribution in [2.45, 2.75) is 39.0 Å². The summed E-state index contributed by atoms with van der Waals surface area (Å²) in [4.78, 5) is 29.8. The lowest BCUT2D eigenvalue weighted by molar-refractivity contribution is -0.139. The Morgan fingerprint density at radius 2 is 1.84 bits per heavy atom. The monoisotopic (exact) mass is 440 g/mol. The first-order valence-corrected chi connectivity index (χ1v) is 11.9. The normalized spacial score (nSPS) is 26.0. The molecule has 2 fully saturated rings. The van der Waals surface area contributed by atoms with Gasteiger partial charge in [-0.3, -0.25) is 9.59 Å². The number of hydrogen-bond donors (Lipinski definition) is 0. The van der Waals surface area contributed by atoms with Crippen LogP contribution in [-0.2, 0) is 25.5 Å². The van der Waals surface area contributed by atoms with Crippen molar-refractivity contribution in [3.8, 4) is 0 Å². The third-order valence-electron chi connectivity index (χ3n) is 7.16. The van der Waals surface area contributed by atoms with E-state index in [1.165, 1.54) is 16.3 Å². The number of hydrogen-bond acceptors (Lipinski definition) is 6. The van der Waals surface area contributed by atoms with Crippen molar-refractivity contribution >= 4 is 29.1 Å². The van der Waals surface area contributed by atoms with Crippen LogP contribution >= 0.6 is 0 Å². The summed E-state index contributed by atoms with van der Waals surface area (Å²) in [5.41, 5.74) is 3.34. The molecule has 8 heteroatoms. The molecule has 0 N–H and O–H groups in total. The van der Waals surface area contributed by atoms with Crippen LogP contribution in [-0.4, -0.2) is 68.7 Å². The summed E-state index contributed by atoms with van der Waals surface area (Å²) < 4.78 is 11.1. The number of hydrazone groups is 1. The van der Waals surface area contributed by atoms with E-state index >= 15 is 0 Å². The van der Waals surface area contributed by atoms with Crippen LogP contribution < -0.4 is 9.80 Å². The molecule has 172 valence electrons. The molecule has 0 spiro atoms. The van der Waals surface area contributed by atoms with E-state index in [1.54, 1.807) is 4.90 Å². The van der Waals surface area contributed by atoms with Gasteiger partial charge in [0.2, 0.25) is 11.8 Å². The van der Waals surface area contributed by atoms with Gasteiger partial charge < -0.3 is 19.3 Å². The molecule has 0 unspecified atom stereocenters. The van der Waals surface area contributed by atoms with Crippen LogP contribution in [0, 0.1) is 11.8 Å². The Morgan fingerprint density at radius 3 is 2.62 bits per heavy atom. The molecule has 1 saturated heterocycles. The summed E-state index contributed by atoms with van der Waals surface area (Å²) in [6.45, 7) is 6.01. The van der Waals surface area contributed by atoms with Gasteiger partial charge in [0.1, 0.15) is 6.54 Å². The second kappa shape index (κ2) is 9.10. The minimum atomic E-state index is -0.257. The Morgan fingerprint density at radius 1 is 1.09 bits per heavy atom. The van der Waals surface area contributed by atoms with Gasteiger partial charge in [-0.05, 0) is 50.2 Å². The molecule has 0 bridgehead atoms. The molecule has 1 aromatic rings. The standard InChI is InChI=1S/C24H32N4O4/c1-17-5-7-18(8-6-17)24-25-28(23(30)16-32-24)15-22(29)27-10-9-19-20(3-2-4-21(19)27)26-11-13-31-14-12-26/h2-4,17-18H,5-16H2,1H3. The molecule has 0 aromatic heterocycles. The molecule has 32 heavy (non-hydrogen) atoms. The summed E-state index contributed by atoms with van der Waals surface area (Å²) in [7, 11) is 0. The van der Waals surface area contributed by atoms with Crippen molar-refractivity contribution in [1.29, 1.82) is 0 Å². The van der Waals surface area contributed by atoms with E-state index in [0.29, 0.717) is 12.4 Å². The zero-order valence-corrected chi connectivity index (χ0v) is 18.8. The van der Waals surface area contributed by atoms with E-state index in [0.717, 1.165) is 70.0 Å². The second-order valence-electron chi connectivity index (χ2n) is 9.30. The lowest BCUT2D eigenvalue weighted by Gasteiger charge is -2.31. The zero-order valence-electron chi connectivity index (χ0n) is 18.8. The zero-order chi connectivity index (χ0) is 22.1. The Hall–Kier alpha value is -2.61. The third-order valence-corrected chi connectivity index (χ3v) is 7.16. The van der Waals surface area contributed by atoms with Crippen molar-refractivity contribution in [3.63, 3.8) is 0 Å². The molecule has 8 nitrogen and oxygen atoms in total. The maximum absolute atomic E-state index is 13.2. The highest BCUT2D eigenvalue weighted by molar-refractivity contribution is 6.00. The number of rotatable bonds is 4. The summed E-state index contributed by atoms with van der Waals surface area (Å²) in [5, 5.41) is 5.80. The minimum Gasteiger partial charge on any atom is -0.469 e. The summed E-state index contributed by atoms with van der Waals surface area (Å²) in [6, 6.07) is 6.14. The number of nitrogens with zero attached hydrogens (tertiary/aromatic N) is 4. The number of benzene rings is 1. The molecular formula is C24H32N4O4. The van der Waals surface area contributed by atoms with Gasteiger partial charge in [-0.2, -0.15) is 0 Å². The largest absolute Gasteiger partial charge is 0.469 e. The first-order valence-electron chi connectivity index (χ1n) is 11.9. The smallest absolute Gasteiger partial charge is 0.281 e. The van der Waals surface area contributed by atoms with Crippen LogP contribution in [0.3, 0.4) is 0 Å². The predicted octanol–water partition coefficient (Wildman–Crippen LogP) is 2.41. The highest BCUT2D eigenvalue weighted by Crippen LogP contribution is 2.36. The summed E-state index contributed by atoms with van der Waals surface area (Å²) in [6.07, 6.45) is 5.17. The quantitative estimate of drug-likeness (QED) is 0.719. The van der Waals surface area contributed by atoms with E-state index in [-0.39, 0.29) is 30.9 Å². The van der Waals surface area contributed by atoms with Crippen molar-refractivity contribution in [2.24, 2.45) is 16.9 Å². The molecule has 1 aliphatic carbocycles. The SMILES string of the molecule is CC1CCC(C2=NN(CC(=O)N3CCc4c(N5CCOCC5)cccc43)C(=O)CO2)CC1. The second-order valence-corrected chi connectivity index (χ2v) is 9.30. The van der Waals surface area contributed by atoms with Crippen molar-refractivity contribution in [3.05, 3.63) is 23.8 Å². The average Bonchev–Trinajstić information content (AvgIpc) is 3.26. The Kier molecular flexibility index (Phi) is 6.04. The van der Waals surface area contributed by atoms with Gasteiger partial charge >= 0.3 is 0 Å². The van der Waals surface area contributed by atoms with Crippen molar-refractivity contribution < 1.29 is 19.1 Å². The van der Waals surface area contributed by atoms with E-state index in [2.05, 4.69) is 23.0 Å². The molecular weight excluding hydrogens is 408 g/mol. The highest BCUT2D eigenvalue weighted by atomic mass is 16.5. The maximum atomic E-state index is 13.2. The molecule has 5 rings (SSSR count). The molecule has 4 aliphatic rings. The molecule has 3 aliphatic heterocycles. The fourth-order valence-electron chi connectivity index (χ4n) is 5.23. The lowest BCUT2D eigenvalue weighted by Crippen LogP contribution is -2.45. The molecule has 3 heterocycles. The van der Waals surface area contributed by atoms with Crippen molar-refractivity contribution in [2.75, 3.05) is 55.8 Å². The topological polar surface area (TPSA) is 74.7 Å². The number of ether oxygens (including phenoxy) is 2. The van der Waals surface area contributed by atoms with Crippen LogP contribution in [0.25, 0.3) is 0 Å². The van der Waals surface area contributed by atoms with Gasteiger partial charge in [0, 0.05) is 42.5 Å². The van der Waals surface area contributed by atoms with Gasteiger partial charge in [-0.25, -0.2) is 5.01 Å². The van der Waals surface area contributed by atoms with Crippen LogP contribution in [0.5, 0.6) is 0 Å². The fourth-order valence-corrected chi connectivity index (χ4v) is 5.23. The maximum Gasteiger partial charge on any atom is 0.281 e. The van der Waals surface area contributed by atoms with E-state index in [1.807, 2.05) is 12.1 Å². The number of morpholine rings is 1. The first-order chi connectivity index (χ1) is 15.6. The van der Waals surface area contributed by atoms with Gasteiger partial charge in [0.15, 0.2) is 6.61 Å². The van der Waals surface area contributed by atoms with Gasteiger partial charge in [0.25, 0.3) is 5.91 Å². The number of amides is 2. The molecule has 0 radical (unpaired) electrons. The minimum absolute atomic E-state index is 0.0318. The van der Waals surface area contributed by atoms with Crippen LogP contribution in [0.1, 0.15) is 38.2 Å². The molecule has 1 aromatic carbocycles. The van der Waals surface area contributed by atoms with Crippen LogP contribution in [0.2, 0.25) is 0 Å². The van der Waals surface area contributed by atoms with E-state index < -0.39 is 0 Å². The predicted molar refractivity (Wildman–Crippen MR) is 122 cm³/mol. The van der Waals surface area contributed by atoms with E-state index in [9.17, 15) is 9.59 Å². The van der Waals surface area contributed by atoms with Crippen LogP contribution in [0.15, 0.2) is 23.3 Å². The van der Waals surface area contributed by atoms with Gasteiger partial charge in [-0.1, -0.05) is 13.0 Å². The highest BCUT2D eigenvalue weighted by Gasteiger charge is 2.33. The Labute approximate surface area is 189 Å². The van der Waals surface area contributed by atoms with Crippen LogP contribution in [0.4, 0.5) is 11.4 Å². The van der Waals surface area contributed by atoms with Gasteiger partial charge in [0.05, 0.1) is 13.2 Å². The first kappa shape index (κ1) is 21.2.